The van der Waals surface area contributed by atoms with E-state index in [-0.39, 0.29) is 5.91 Å². The molecule has 1 amide bonds. The van der Waals surface area contributed by atoms with E-state index in [0.29, 0.717) is 12.3 Å². The fourth-order valence-electron chi connectivity index (χ4n) is 2.87. The summed E-state index contributed by atoms with van der Waals surface area (Å²) >= 11 is 3.26. The van der Waals surface area contributed by atoms with Crippen LogP contribution in [0.4, 0.5) is 5.69 Å². The number of carbonyl (C=O) groups excluding carboxylic acids is 1. The van der Waals surface area contributed by atoms with Crippen LogP contribution in [0.1, 0.15) is 40.8 Å². The predicted octanol–water partition coefficient (Wildman–Crippen LogP) is 5.79. The van der Waals surface area contributed by atoms with Crippen LogP contribution < -0.4 is 5.32 Å². The summed E-state index contributed by atoms with van der Waals surface area (Å²) in [4.78, 5) is 19.5. The van der Waals surface area contributed by atoms with Gasteiger partial charge in [0, 0.05) is 10.6 Å². The maximum absolute atomic E-state index is 12.7. The lowest BCUT2D eigenvalue weighted by Gasteiger charge is -2.16. The molecule has 25 heavy (non-hydrogen) atoms. The average molecular weight is 371 g/mol. The first kappa shape index (κ1) is 17.8. The molecule has 1 N–H and O–H groups in total. The number of para-hydroxylation sites is 1. The number of hydrogen-bond acceptors (Lipinski definition) is 4. The van der Waals surface area contributed by atoms with E-state index < -0.39 is 0 Å². The number of aromatic nitrogens is 1. The molecule has 0 atom stereocenters. The van der Waals surface area contributed by atoms with E-state index >= 15 is 0 Å². The Bertz CT molecular complexity index is 879. The van der Waals surface area contributed by atoms with Gasteiger partial charge in [-0.2, -0.15) is 0 Å². The lowest BCUT2D eigenvalue weighted by atomic mass is 9.98. The summed E-state index contributed by atoms with van der Waals surface area (Å²) < 4.78 is 0. The predicted molar refractivity (Wildman–Crippen MR) is 108 cm³/mol. The van der Waals surface area contributed by atoms with E-state index in [4.69, 9.17) is 0 Å². The Balaban J connectivity index is 1.83. The maximum Gasteiger partial charge on any atom is 0.229 e. The Kier molecular flexibility index (Phi) is 5.35. The largest absolute Gasteiger partial charge is 0.325 e. The van der Waals surface area contributed by atoms with Crippen molar-refractivity contribution in [1.82, 2.24) is 4.98 Å². The van der Waals surface area contributed by atoms with Crippen LogP contribution in [0.3, 0.4) is 0 Å². The van der Waals surface area contributed by atoms with Crippen LogP contribution in [0.25, 0.3) is 10.6 Å². The van der Waals surface area contributed by atoms with Crippen LogP contribution in [0, 0.1) is 13.8 Å². The quantitative estimate of drug-likeness (QED) is 0.617. The third kappa shape index (κ3) is 3.99. The van der Waals surface area contributed by atoms with Crippen molar-refractivity contribution in [1.29, 1.82) is 0 Å². The molecule has 2 heterocycles. The molecule has 5 heteroatoms. The zero-order valence-corrected chi connectivity index (χ0v) is 16.6. The number of hydrogen-bond donors (Lipinski definition) is 1. The van der Waals surface area contributed by atoms with Crippen molar-refractivity contribution in [2.75, 3.05) is 5.32 Å². The van der Waals surface area contributed by atoms with Crippen molar-refractivity contribution in [3.63, 3.8) is 0 Å². The van der Waals surface area contributed by atoms with Gasteiger partial charge < -0.3 is 5.32 Å². The first-order chi connectivity index (χ1) is 12.0. The smallest absolute Gasteiger partial charge is 0.229 e. The minimum atomic E-state index is 0.0117. The van der Waals surface area contributed by atoms with Gasteiger partial charge in [-0.15, -0.1) is 22.7 Å². The van der Waals surface area contributed by atoms with E-state index in [2.05, 4.69) is 36.3 Å². The normalized spacial score (nSPS) is 11.1. The fourth-order valence-corrected chi connectivity index (χ4v) is 4.62. The highest BCUT2D eigenvalue weighted by Gasteiger charge is 2.17. The molecule has 0 saturated carbocycles. The highest BCUT2D eigenvalue weighted by molar-refractivity contribution is 7.15. The van der Waals surface area contributed by atoms with Gasteiger partial charge in [0.1, 0.15) is 0 Å². The summed E-state index contributed by atoms with van der Waals surface area (Å²) in [6.45, 7) is 8.31. The first-order valence-corrected chi connectivity index (χ1v) is 10.0. The van der Waals surface area contributed by atoms with Crippen LogP contribution in [0.2, 0.25) is 0 Å². The standard InChI is InChI=1S/C20H22N2OS2/c1-12(2)15-8-5-7-13(3)19(15)22-18(23)11-17-20(21-14(4)25-17)16-9-6-10-24-16/h5-10,12H,11H2,1-4H3,(H,22,23). The molecular formula is C20H22N2OS2. The number of nitrogens with one attached hydrogen (secondary N) is 1. The van der Waals surface area contributed by atoms with Crippen LogP contribution in [-0.4, -0.2) is 10.9 Å². The summed E-state index contributed by atoms with van der Waals surface area (Å²) in [5, 5.41) is 6.16. The number of thiazole rings is 1. The van der Waals surface area contributed by atoms with Gasteiger partial charge in [-0.05, 0) is 42.3 Å². The van der Waals surface area contributed by atoms with E-state index in [1.807, 2.05) is 37.4 Å². The number of nitrogens with zero attached hydrogens (tertiary/aromatic N) is 1. The monoisotopic (exact) mass is 370 g/mol. The third-order valence-electron chi connectivity index (χ3n) is 4.07. The molecule has 0 aliphatic heterocycles. The van der Waals surface area contributed by atoms with E-state index in [0.717, 1.165) is 31.7 Å². The average Bonchev–Trinajstić information content (AvgIpc) is 3.18. The van der Waals surface area contributed by atoms with Crippen molar-refractivity contribution in [3.05, 3.63) is 56.7 Å². The lowest BCUT2D eigenvalue weighted by molar-refractivity contribution is -0.115. The summed E-state index contributed by atoms with van der Waals surface area (Å²) in [5.74, 6) is 0.375. The van der Waals surface area contributed by atoms with Gasteiger partial charge in [-0.3, -0.25) is 4.79 Å². The fraction of sp³-hybridized carbons (Fsp3) is 0.300. The molecule has 3 rings (SSSR count). The van der Waals surface area contributed by atoms with Crippen molar-refractivity contribution in [2.45, 2.75) is 40.0 Å². The second kappa shape index (κ2) is 7.50. The number of carbonyl (C=O) groups is 1. The molecular weight excluding hydrogens is 348 g/mol. The molecule has 0 aliphatic rings. The zero-order chi connectivity index (χ0) is 18.0. The number of rotatable bonds is 5. The Hall–Kier alpha value is -1.98. The van der Waals surface area contributed by atoms with Gasteiger partial charge >= 0.3 is 0 Å². The van der Waals surface area contributed by atoms with Crippen molar-refractivity contribution < 1.29 is 4.79 Å². The molecule has 0 bridgehead atoms. The van der Waals surface area contributed by atoms with E-state index in [1.54, 1.807) is 22.7 Å². The molecule has 130 valence electrons. The summed E-state index contributed by atoms with van der Waals surface area (Å²) in [7, 11) is 0. The molecule has 3 nitrogen and oxygen atoms in total. The van der Waals surface area contributed by atoms with Gasteiger partial charge in [-0.25, -0.2) is 4.98 Å². The second-order valence-corrected chi connectivity index (χ2v) is 8.64. The van der Waals surface area contributed by atoms with Gasteiger partial charge in [-0.1, -0.05) is 38.1 Å². The molecule has 0 fully saturated rings. The number of amides is 1. The zero-order valence-electron chi connectivity index (χ0n) is 14.9. The molecule has 0 aliphatic carbocycles. The van der Waals surface area contributed by atoms with Crippen LogP contribution in [0.5, 0.6) is 0 Å². The Morgan fingerprint density at radius 1 is 1.20 bits per heavy atom. The van der Waals surface area contributed by atoms with E-state index in [9.17, 15) is 4.79 Å². The van der Waals surface area contributed by atoms with Crippen LogP contribution in [-0.2, 0) is 11.2 Å². The topological polar surface area (TPSA) is 42.0 Å². The Morgan fingerprint density at radius 2 is 2.00 bits per heavy atom. The van der Waals surface area contributed by atoms with Gasteiger partial charge in [0.25, 0.3) is 0 Å². The Morgan fingerprint density at radius 3 is 2.68 bits per heavy atom. The minimum absolute atomic E-state index is 0.0117. The molecule has 1 aromatic carbocycles. The van der Waals surface area contributed by atoms with Gasteiger partial charge in [0.15, 0.2) is 0 Å². The first-order valence-electron chi connectivity index (χ1n) is 8.35. The third-order valence-corrected chi connectivity index (χ3v) is 5.92. The maximum atomic E-state index is 12.7. The van der Waals surface area contributed by atoms with Crippen LogP contribution >= 0.6 is 22.7 Å². The summed E-state index contributed by atoms with van der Waals surface area (Å²) in [6, 6.07) is 10.2. The number of thiophene rings is 1. The van der Waals surface area contributed by atoms with Gasteiger partial charge in [0.2, 0.25) is 5.91 Å². The summed E-state index contributed by atoms with van der Waals surface area (Å²) in [5.41, 5.74) is 4.16. The SMILES string of the molecule is Cc1nc(-c2cccs2)c(CC(=O)Nc2c(C)cccc2C(C)C)s1. The number of aryl methyl sites for hydroxylation is 2. The molecule has 3 aromatic rings. The number of anilines is 1. The molecule has 0 spiro atoms. The van der Waals surface area contributed by atoms with Crippen molar-refractivity contribution in [3.8, 4) is 10.6 Å². The highest BCUT2D eigenvalue weighted by Crippen LogP contribution is 2.32. The second-order valence-electron chi connectivity index (χ2n) is 6.40. The Labute approximate surface area is 156 Å². The van der Waals surface area contributed by atoms with E-state index in [1.165, 1.54) is 5.56 Å². The molecule has 2 aromatic heterocycles. The van der Waals surface area contributed by atoms with Crippen LogP contribution in [0.15, 0.2) is 35.7 Å². The highest BCUT2D eigenvalue weighted by atomic mass is 32.1. The van der Waals surface area contributed by atoms with Gasteiger partial charge in [0.05, 0.1) is 22.0 Å². The number of benzene rings is 1. The van der Waals surface area contributed by atoms with Crippen molar-refractivity contribution in [2.24, 2.45) is 0 Å². The van der Waals surface area contributed by atoms with Crippen molar-refractivity contribution >= 4 is 34.3 Å². The lowest BCUT2D eigenvalue weighted by Crippen LogP contribution is -2.16. The molecule has 0 saturated heterocycles. The summed E-state index contributed by atoms with van der Waals surface area (Å²) in [6.07, 6.45) is 0.352. The minimum Gasteiger partial charge on any atom is -0.325 e. The molecule has 0 radical (unpaired) electrons. The molecule has 0 unspecified atom stereocenters.